The third-order valence-electron chi connectivity index (χ3n) is 8.78. The van der Waals surface area contributed by atoms with Crippen molar-refractivity contribution >= 4 is 57.2 Å². The molecule has 0 radical (unpaired) electrons. The molecule has 1 saturated carbocycles. The minimum Gasteiger partial charge on any atom is -0.423 e. The number of ether oxygens (including phenoxy) is 1. The van der Waals surface area contributed by atoms with Gasteiger partial charge in [0, 0.05) is 29.4 Å². The molecule has 0 unspecified atom stereocenters. The summed E-state index contributed by atoms with van der Waals surface area (Å²) in [4.78, 5) is 36.9. The van der Waals surface area contributed by atoms with E-state index in [0.29, 0.717) is 33.9 Å². The number of esters is 1. The summed E-state index contributed by atoms with van der Waals surface area (Å²) in [5.41, 5.74) is 2.37. The highest BCUT2D eigenvalue weighted by molar-refractivity contribution is 8.00. The highest BCUT2D eigenvalue weighted by Gasteiger charge is 2.51. The minimum atomic E-state index is -0.550. The van der Waals surface area contributed by atoms with Gasteiger partial charge in [-0.25, -0.2) is 4.79 Å². The predicted molar refractivity (Wildman–Crippen MR) is 178 cm³/mol. The van der Waals surface area contributed by atoms with Crippen LogP contribution in [0.4, 0.5) is 17.1 Å². The first-order chi connectivity index (χ1) is 22.3. The van der Waals surface area contributed by atoms with Crippen LogP contribution in [0.25, 0.3) is 10.8 Å². The summed E-state index contributed by atoms with van der Waals surface area (Å²) in [7, 11) is 0. The Morgan fingerprint density at radius 2 is 1.61 bits per heavy atom. The van der Waals surface area contributed by atoms with Crippen LogP contribution in [0.2, 0.25) is 0 Å². The number of non-ortho nitro benzene ring substituents is 1. The van der Waals surface area contributed by atoms with Gasteiger partial charge in [0.25, 0.3) is 11.4 Å². The Morgan fingerprint density at radius 1 is 0.848 bits per heavy atom. The highest BCUT2D eigenvalue weighted by atomic mass is 35.5. The van der Waals surface area contributed by atoms with Gasteiger partial charge in [0.15, 0.2) is 0 Å². The topological polar surface area (TPSA) is 125 Å². The Balaban J connectivity index is 1.28. The molecule has 0 spiro atoms. The molecular formula is C35H26ClN3O6S. The third-order valence-corrected chi connectivity index (χ3v) is 10.9. The van der Waals surface area contributed by atoms with E-state index in [9.17, 15) is 25.0 Å². The van der Waals surface area contributed by atoms with E-state index in [2.05, 4.69) is 5.32 Å². The molecule has 1 N–H and O–H groups in total. The number of halogens is 1. The summed E-state index contributed by atoms with van der Waals surface area (Å²) in [6, 6.07) is 31.3. The van der Waals surface area contributed by atoms with Gasteiger partial charge in [0.1, 0.15) is 5.75 Å². The number of para-hydroxylation sites is 2. The van der Waals surface area contributed by atoms with E-state index >= 15 is 0 Å². The fraction of sp³-hybridized carbons (Fsp3) is 0.171. The van der Waals surface area contributed by atoms with Gasteiger partial charge in [-0.1, -0.05) is 66.7 Å². The highest BCUT2D eigenvalue weighted by Crippen LogP contribution is 2.58. The van der Waals surface area contributed by atoms with Crippen molar-refractivity contribution in [3.05, 3.63) is 146 Å². The molecule has 0 bridgehead atoms. The van der Waals surface area contributed by atoms with Crippen LogP contribution < -0.4 is 10.1 Å². The predicted octanol–water partition coefficient (Wildman–Crippen LogP) is 8.91. The van der Waals surface area contributed by atoms with Gasteiger partial charge in [-0.2, -0.15) is 0 Å². The van der Waals surface area contributed by atoms with Crippen molar-refractivity contribution in [3.8, 4) is 5.75 Å². The maximum absolute atomic E-state index is 13.7. The first-order valence-corrected chi connectivity index (χ1v) is 16.0. The van der Waals surface area contributed by atoms with Gasteiger partial charge >= 0.3 is 5.97 Å². The summed E-state index contributed by atoms with van der Waals surface area (Å²) in [6.07, 6.45) is 0.584. The van der Waals surface area contributed by atoms with E-state index in [1.54, 1.807) is 48.5 Å². The molecule has 11 heteroatoms. The largest absolute Gasteiger partial charge is 0.423 e. The summed E-state index contributed by atoms with van der Waals surface area (Å²) in [5, 5.41) is 28.3. The molecule has 0 amide bonds. The van der Waals surface area contributed by atoms with E-state index in [1.165, 1.54) is 23.9 Å². The van der Waals surface area contributed by atoms with Gasteiger partial charge in [-0.05, 0) is 58.5 Å². The van der Waals surface area contributed by atoms with E-state index < -0.39 is 27.2 Å². The Morgan fingerprint density at radius 3 is 2.41 bits per heavy atom. The molecule has 1 aliphatic carbocycles. The lowest BCUT2D eigenvalue weighted by Crippen LogP contribution is -2.32. The fourth-order valence-electron chi connectivity index (χ4n) is 6.74. The number of rotatable bonds is 7. The lowest BCUT2D eigenvalue weighted by atomic mass is 9.76. The summed E-state index contributed by atoms with van der Waals surface area (Å²) >= 11 is 8.64. The van der Waals surface area contributed by atoms with Crippen LogP contribution >= 0.6 is 23.4 Å². The van der Waals surface area contributed by atoms with Crippen LogP contribution in [0.3, 0.4) is 0 Å². The molecule has 1 aliphatic heterocycles. The summed E-state index contributed by atoms with van der Waals surface area (Å²) < 4.78 is 5.87. The number of hydrogen-bond donors (Lipinski definition) is 1. The molecule has 5 aromatic carbocycles. The second kappa shape index (κ2) is 12.1. The van der Waals surface area contributed by atoms with Crippen LogP contribution in [0.1, 0.15) is 39.9 Å². The first-order valence-electron chi connectivity index (χ1n) is 14.7. The molecule has 46 heavy (non-hydrogen) atoms. The molecule has 5 aromatic rings. The Hall–Kier alpha value is -4.93. The zero-order valence-electron chi connectivity index (χ0n) is 24.1. The fourth-order valence-corrected chi connectivity index (χ4v) is 8.68. The van der Waals surface area contributed by atoms with Gasteiger partial charge in [-0.15, -0.1) is 23.4 Å². The number of alkyl halides is 1. The Labute approximate surface area is 272 Å². The number of nitro benzene ring substituents is 2. The van der Waals surface area contributed by atoms with Gasteiger partial charge < -0.3 is 10.1 Å². The number of carbonyl (C=O) groups is 1. The standard InChI is InChI=1S/C35H26ClN3O6S/c36-32-30(46-29-14-4-3-13-28(29)39(43)44)19-27-31(32)25-11-6-12-26(34(25)37-33(27)22-9-5-10-23(17-22)38(41)42)35(40)45-24-16-15-20-7-1-2-8-21(20)18-24/h1-18,27,30-33,37H,19H2/t27-,30-,31-,32-,33-/m1/s1. The lowest BCUT2D eigenvalue weighted by Gasteiger charge is -2.39. The Kier molecular flexibility index (Phi) is 7.84. The van der Waals surface area contributed by atoms with Crippen molar-refractivity contribution in [3.63, 3.8) is 0 Å². The smallest absolute Gasteiger partial charge is 0.345 e. The first kappa shape index (κ1) is 29.8. The van der Waals surface area contributed by atoms with Crippen molar-refractivity contribution < 1.29 is 19.4 Å². The number of thioether (sulfide) groups is 1. The van der Waals surface area contributed by atoms with E-state index in [-0.39, 0.29) is 28.5 Å². The number of benzene rings is 5. The van der Waals surface area contributed by atoms with Gasteiger partial charge in [-0.3, -0.25) is 20.2 Å². The van der Waals surface area contributed by atoms with Gasteiger partial charge in [0.05, 0.1) is 37.4 Å². The quantitative estimate of drug-likeness (QED) is 0.0608. The molecule has 9 nitrogen and oxygen atoms in total. The molecule has 1 heterocycles. The lowest BCUT2D eigenvalue weighted by molar-refractivity contribution is -0.387. The van der Waals surface area contributed by atoms with E-state index in [4.69, 9.17) is 16.3 Å². The average Bonchev–Trinajstić information content (AvgIpc) is 3.39. The molecule has 0 aromatic heterocycles. The molecular weight excluding hydrogens is 626 g/mol. The second-order valence-electron chi connectivity index (χ2n) is 11.4. The number of fused-ring (bicyclic) bond motifs is 4. The average molecular weight is 652 g/mol. The van der Waals surface area contributed by atoms with Crippen molar-refractivity contribution in [2.45, 2.75) is 33.9 Å². The van der Waals surface area contributed by atoms with Crippen LogP contribution in [0.5, 0.6) is 5.75 Å². The van der Waals surface area contributed by atoms with Crippen molar-refractivity contribution in [2.24, 2.45) is 5.92 Å². The molecule has 0 saturated heterocycles. The maximum Gasteiger partial charge on any atom is 0.345 e. The number of nitrogens with zero attached hydrogens (tertiary/aromatic N) is 2. The van der Waals surface area contributed by atoms with Crippen LogP contribution in [0.15, 0.2) is 114 Å². The Bertz CT molecular complexity index is 2020. The maximum atomic E-state index is 13.7. The molecule has 1 fully saturated rings. The second-order valence-corrected chi connectivity index (χ2v) is 13.2. The summed E-state index contributed by atoms with van der Waals surface area (Å²) in [6.45, 7) is 0. The zero-order valence-corrected chi connectivity index (χ0v) is 25.7. The zero-order chi connectivity index (χ0) is 31.9. The van der Waals surface area contributed by atoms with Gasteiger partial charge in [0.2, 0.25) is 0 Å². The third kappa shape index (κ3) is 5.44. The van der Waals surface area contributed by atoms with Crippen LogP contribution in [-0.2, 0) is 0 Å². The molecule has 2 aliphatic rings. The number of nitrogens with one attached hydrogen (secondary N) is 1. The number of carbonyl (C=O) groups excluding carboxylic acids is 1. The molecule has 7 rings (SSSR count). The van der Waals surface area contributed by atoms with E-state index in [0.717, 1.165) is 16.3 Å². The van der Waals surface area contributed by atoms with Crippen molar-refractivity contribution in [1.29, 1.82) is 0 Å². The van der Waals surface area contributed by atoms with E-state index in [1.807, 2.05) is 48.5 Å². The SMILES string of the molecule is O=C(Oc1ccc2ccccc2c1)c1cccc2c1N[C@H](c1cccc([N+](=O)[O-])c1)[C@@H]1C[C@@H](Sc3ccccc3[N+](=O)[O-])[C@@H](Cl)[C@H]21. The van der Waals surface area contributed by atoms with Crippen molar-refractivity contribution in [1.82, 2.24) is 0 Å². The minimum absolute atomic E-state index is 0.0127. The molecule has 230 valence electrons. The number of nitro groups is 2. The van der Waals surface area contributed by atoms with Crippen molar-refractivity contribution in [2.75, 3.05) is 5.32 Å². The monoisotopic (exact) mass is 651 g/mol. The number of hydrogen-bond acceptors (Lipinski definition) is 8. The normalized spacial score (nSPS) is 21.5. The van der Waals surface area contributed by atoms with Crippen LogP contribution in [0, 0.1) is 26.1 Å². The van der Waals surface area contributed by atoms with Crippen LogP contribution in [-0.4, -0.2) is 26.4 Å². The number of anilines is 1. The summed E-state index contributed by atoms with van der Waals surface area (Å²) in [5.74, 6) is -0.520. The molecule has 5 atom stereocenters.